The molecule has 2 saturated heterocycles. The number of rotatable bonds is 6. The predicted octanol–water partition coefficient (Wildman–Crippen LogP) is 4.03. The molecule has 1 aromatic carbocycles. The number of hydrogen-bond acceptors (Lipinski definition) is 7. The van der Waals surface area contributed by atoms with E-state index in [4.69, 9.17) is 9.47 Å². The van der Waals surface area contributed by atoms with E-state index in [1.165, 1.54) is 0 Å². The van der Waals surface area contributed by atoms with Gasteiger partial charge in [0.05, 0.1) is 29.2 Å². The number of carbonyl (C=O) groups is 2. The number of nitrogens with zero attached hydrogens (tertiary/aromatic N) is 2. The van der Waals surface area contributed by atoms with Gasteiger partial charge in [0.15, 0.2) is 0 Å². The molecule has 0 bridgehead atoms. The van der Waals surface area contributed by atoms with Gasteiger partial charge in [-0.3, -0.25) is 4.79 Å². The first kappa shape index (κ1) is 29.3. The second kappa shape index (κ2) is 11.8. The molecule has 1 aliphatic carbocycles. The number of ether oxygens (including phenoxy) is 2. The van der Waals surface area contributed by atoms with Crippen LogP contribution in [-0.4, -0.2) is 67.5 Å². The average Bonchev–Trinajstić information content (AvgIpc) is 2.86. The lowest BCUT2D eigenvalue weighted by Gasteiger charge is -2.52. The first-order valence-corrected chi connectivity index (χ1v) is 15.4. The molecule has 2 aliphatic heterocycles. The highest BCUT2D eigenvalue weighted by atomic mass is 32.2. The standard InChI is InChI=1S/C28H42N4O6S/c1-20-8-14-23(15-9-20)39(35,36)31-30-21-10-12-22(13-11-21)37-19-24-28(16-5-7-25(33)29-28)17-6-18-32(24)26(34)38-27(2,3)4/h8-9,14-15,22,24,31H,5-7,10-13,16-19H2,1-4H3,(H,29,33). The Labute approximate surface area is 231 Å². The first-order chi connectivity index (χ1) is 18.4. The van der Waals surface area contributed by atoms with Crippen LogP contribution in [0.5, 0.6) is 0 Å². The molecule has 1 saturated carbocycles. The van der Waals surface area contributed by atoms with E-state index in [1.807, 2.05) is 27.7 Å². The molecule has 10 nitrogen and oxygen atoms in total. The van der Waals surface area contributed by atoms with Crippen molar-refractivity contribution in [3.05, 3.63) is 29.8 Å². The molecule has 0 radical (unpaired) electrons. The normalized spacial score (nSPS) is 26.2. The summed E-state index contributed by atoms with van der Waals surface area (Å²) in [6.45, 7) is 8.31. The minimum Gasteiger partial charge on any atom is -0.444 e. The van der Waals surface area contributed by atoms with E-state index in [0.717, 1.165) is 37.0 Å². The van der Waals surface area contributed by atoms with Crippen LogP contribution in [0.15, 0.2) is 34.3 Å². The van der Waals surface area contributed by atoms with Gasteiger partial charge in [-0.1, -0.05) is 17.7 Å². The molecule has 2 N–H and O–H groups in total. The van der Waals surface area contributed by atoms with E-state index in [2.05, 4.69) is 15.2 Å². The van der Waals surface area contributed by atoms with Crippen LogP contribution in [-0.2, 0) is 24.3 Å². The summed E-state index contributed by atoms with van der Waals surface area (Å²) in [6.07, 6.45) is 5.87. The van der Waals surface area contributed by atoms with Gasteiger partial charge in [-0.2, -0.15) is 13.5 Å². The summed E-state index contributed by atoms with van der Waals surface area (Å²) in [5.74, 6) is 0.0175. The number of sulfonamides is 1. The topological polar surface area (TPSA) is 126 Å². The number of nitrogens with one attached hydrogen (secondary N) is 2. The van der Waals surface area contributed by atoms with Crippen LogP contribution in [0.3, 0.4) is 0 Å². The third-order valence-electron chi connectivity index (χ3n) is 7.73. The Bertz CT molecular complexity index is 1160. The Morgan fingerprint density at radius 3 is 2.44 bits per heavy atom. The summed E-state index contributed by atoms with van der Waals surface area (Å²) in [5, 5.41) is 7.41. The molecule has 11 heteroatoms. The predicted molar refractivity (Wildman–Crippen MR) is 148 cm³/mol. The fourth-order valence-electron chi connectivity index (χ4n) is 5.70. The van der Waals surface area contributed by atoms with Gasteiger partial charge in [0, 0.05) is 18.7 Å². The van der Waals surface area contributed by atoms with Crippen molar-refractivity contribution in [3.63, 3.8) is 0 Å². The van der Waals surface area contributed by atoms with Gasteiger partial charge in [-0.05, 0) is 91.2 Å². The number of hydrazone groups is 1. The van der Waals surface area contributed by atoms with E-state index >= 15 is 0 Å². The zero-order chi connectivity index (χ0) is 28.3. The molecule has 39 heavy (non-hydrogen) atoms. The van der Waals surface area contributed by atoms with Gasteiger partial charge >= 0.3 is 6.09 Å². The maximum atomic E-state index is 13.2. The highest BCUT2D eigenvalue weighted by Crippen LogP contribution is 2.36. The lowest BCUT2D eigenvalue weighted by Crippen LogP contribution is -2.69. The fourth-order valence-corrected chi connectivity index (χ4v) is 6.55. The van der Waals surface area contributed by atoms with Gasteiger partial charge < -0.3 is 19.7 Å². The van der Waals surface area contributed by atoms with Crippen LogP contribution in [0, 0.1) is 6.92 Å². The highest BCUT2D eigenvalue weighted by Gasteiger charge is 2.49. The van der Waals surface area contributed by atoms with E-state index in [9.17, 15) is 18.0 Å². The molecule has 2 atom stereocenters. The Kier molecular flexibility index (Phi) is 8.90. The minimum atomic E-state index is -3.72. The molecule has 2 unspecified atom stereocenters. The van der Waals surface area contributed by atoms with Gasteiger partial charge in [0.1, 0.15) is 5.60 Å². The smallest absolute Gasteiger partial charge is 0.410 e. The summed E-state index contributed by atoms with van der Waals surface area (Å²) < 4.78 is 37.2. The number of likely N-dealkylation sites (tertiary alicyclic amines) is 1. The number of carbonyl (C=O) groups excluding carboxylic acids is 2. The van der Waals surface area contributed by atoms with Crippen LogP contribution in [0.25, 0.3) is 0 Å². The number of aryl methyl sites for hydroxylation is 1. The van der Waals surface area contributed by atoms with Crippen LogP contribution >= 0.6 is 0 Å². The molecule has 216 valence electrons. The summed E-state index contributed by atoms with van der Waals surface area (Å²) in [4.78, 5) is 29.9. The molecular weight excluding hydrogens is 520 g/mol. The largest absolute Gasteiger partial charge is 0.444 e. The highest BCUT2D eigenvalue weighted by molar-refractivity contribution is 7.89. The monoisotopic (exact) mass is 562 g/mol. The van der Waals surface area contributed by atoms with E-state index in [0.29, 0.717) is 45.3 Å². The summed E-state index contributed by atoms with van der Waals surface area (Å²) in [7, 11) is -3.72. The van der Waals surface area contributed by atoms with Gasteiger partial charge in [-0.15, -0.1) is 0 Å². The maximum absolute atomic E-state index is 13.2. The van der Waals surface area contributed by atoms with E-state index in [-0.39, 0.29) is 29.0 Å². The molecule has 1 aromatic rings. The van der Waals surface area contributed by atoms with Crippen molar-refractivity contribution in [2.45, 2.75) is 114 Å². The van der Waals surface area contributed by atoms with Crippen LogP contribution < -0.4 is 10.1 Å². The van der Waals surface area contributed by atoms with Crippen LogP contribution in [0.2, 0.25) is 0 Å². The van der Waals surface area contributed by atoms with Gasteiger partial charge in [0.2, 0.25) is 5.91 Å². The van der Waals surface area contributed by atoms with E-state index in [1.54, 1.807) is 29.2 Å². The zero-order valence-electron chi connectivity index (χ0n) is 23.5. The molecule has 4 rings (SSSR count). The molecule has 3 fully saturated rings. The van der Waals surface area contributed by atoms with Gasteiger partial charge in [0.25, 0.3) is 10.0 Å². The van der Waals surface area contributed by atoms with Crippen LogP contribution in [0.4, 0.5) is 4.79 Å². The van der Waals surface area contributed by atoms with Crippen molar-refractivity contribution in [2.75, 3.05) is 13.2 Å². The van der Waals surface area contributed by atoms with Crippen molar-refractivity contribution in [1.82, 2.24) is 15.0 Å². The quantitative estimate of drug-likeness (QED) is 0.504. The summed E-state index contributed by atoms with van der Waals surface area (Å²) in [5.41, 5.74) is 0.635. The number of hydrogen-bond donors (Lipinski definition) is 2. The Morgan fingerprint density at radius 2 is 1.79 bits per heavy atom. The number of piperidine rings is 2. The van der Waals surface area contributed by atoms with E-state index < -0.39 is 21.2 Å². The fraction of sp³-hybridized carbons (Fsp3) is 0.679. The summed E-state index contributed by atoms with van der Waals surface area (Å²) >= 11 is 0. The maximum Gasteiger partial charge on any atom is 0.410 e. The minimum absolute atomic E-state index is 0.0175. The zero-order valence-corrected chi connectivity index (χ0v) is 24.3. The molecule has 0 aromatic heterocycles. The van der Waals surface area contributed by atoms with Crippen molar-refractivity contribution in [3.8, 4) is 0 Å². The lowest BCUT2D eigenvalue weighted by atomic mass is 9.75. The SMILES string of the molecule is Cc1ccc(S(=O)(=O)NN=C2CCC(OCC3N(C(=O)OC(C)(C)C)CCCC34CCCC(=O)N4)CC2)cc1. The molecule has 2 heterocycles. The van der Waals surface area contributed by atoms with Gasteiger partial charge in [-0.25, -0.2) is 9.63 Å². The Hall–Kier alpha value is -2.66. The molecule has 1 spiro atoms. The second-order valence-electron chi connectivity index (χ2n) is 12.0. The first-order valence-electron chi connectivity index (χ1n) is 13.9. The van der Waals surface area contributed by atoms with Crippen molar-refractivity contribution in [2.24, 2.45) is 5.10 Å². The molecule has 2 amide bonds. The third kappa shape index (κ3) is 7.51. The number of amides is 2. The van der Waals surface area contributed by atoms with Crippen molar-refractivity contribution < 1.29 is 27.5 Å². The average molecular weight is 563 g/mol. The number of benzene rings is 1. The third-order valence-corrected chi connectivity index (χ3v) is 8.96. The van der Waals surface area contributed by atoms with Crippen molar-refractivity contribution >= 4 is 27.7 Å². The van der Waals surface area contributed by atoms with Crippen LogP contribution in [0.1, 0.15) is 84.1 Å². The lowest BCUT2D eigenvalue weighted by molar-refractivity contribution is -0.129. The Morgan fingerprint density at radius 1 is 1.13 bits per heavy atom. The second-order valence-corrected chi connectivity index (χ2v) is 13.6. The van der Waals surface area contributed by atoms with Crippen molar-refractivity contribution in [1.29, 1.82) is 0 Å². The molecular formula is C28H42N4O6S. The molecule has 3 aliphatic rings. The Balaban J connectivity index is 1.37. The summed E-state index contributed by atoms with van der Waals surface area (Å²) in [6, 6.07) is 6.32.